The molecule has 0 N–H and O–H groups in total. The van der Waals surface area contributed by atoms with Gasteiger partial charge >= 0.3 is 0 Å². The van der Waals surface area contributed by atoms with Crippen molar-refractivity contribution in [3.8, 4) is 0 Å². The molecule has 0 bridgehead atoms. The van der Waals surface area contributed by atoms with Gasteiger partial charge in [-0.1, -0.05) is 12.1 Å². The van der Waals surface area contributed by atoms with Crippen molar-refractivity contribution in [1.82, 2.24) is 0 Å². The normalized spacial score (nSPS) is 36.1. The van der Waals surface area contributed by atoms with Gasteiger partial charge in [-0.2, -0.15) is 0 Å². The molecule has 1 aromatic rings. The first-order valence-corrected chi connectivity index (χ1v) is 6.55. The molecule has 2 aliphatic carbocycles. The summed E-state index contributed by atoms with van der Waals surface area (Å²) in [5.74, 6) is 2.43. The van der Waals surface area contributed by atoms with Crippen molar-refractivity contribution < 1.29 is 4.39 Å². The number of hydrogen-bond acceptors (Lipinski definition) is 0. The third kappa shape index (κ3) is 1.86. The van der Waals surface area contributed by atoms with E-state index in [1.54, 1.807) is 12.1 Å². The summed E-state index contributed by atoms with van der Waals surface area (Å²) in [6, 6.07) is 6.96. The third-order valence-electron chi connectivity index (χ3n) is 4.21. The first-order valence-electron chi connectivity index (χ1n) is 6.01. The molecule has 2 atom stereocenters. The smallest absolute Gasteiger partial charge is 0.123 e. The maximum absolute atomic E-state index is 13.1. The van der Waals surface area contributed by atoms with Crippen molar-refractivity contribution in [2.45, 2.75) is 25.7 Å². The molecule has 2 unspecified atom stereocenters. The number of halogens is 2. The van der Waals surface area contributed by atoms with Crippen LogP contribution >= 0.6 is 11.6 Å². The summed E-state index contributed by atoms with van der Waals surface area (Å²) in [6.07, 6.45) is 4.85. The molecule has 0 radical (unpaired) electrons. The number of hydrogen-bond donors (Lipinski definition) is 0. The molecule has 2 aliphatic rings. The minimum absolute atomic E-state index is 0.134. The summed E-state index contributed by atoms with van der Waals surface area (Å²) in [6.45, 7) is 0. The Balaban J connectivity index is 1.77. The van der Waals surface area contributed by atoms with E-state index in [1.165, 1.54) is 25.3 Å². The second-order valence-corrected chi connectivity index (χ2v) is 5.87. The Morgan fingerprint density at radius 2 is 2.06 bits per heavy atom. The highest BCUT2D eigenvalue weighted by Crippen LogP contribution is 2.61. The second kappa shape index (κ2) is 3.73. The molecule has 0 heterocycles. The van der Waals surface area contributed by atoms with Crippen molar-refractivity contribution in [2.75, 3.05) is 5.88 Å². The van der Waals surface area contributed by atoms with E-state index in [4.69, 9.17) is 11.6 Å². The number of rotatable bonds is 3. The minimum Gasteiger partial charge on any atom is -0.207 e. The molecule has 0 aliphatic heterocycles. The van der Waals surface area contributed by atoms with E-state index < -0.39 is 0 Å². The molecule has 0 aromatic heterocycles. The van der Waals surface area contributed by atoms with Crippen molar-refractivity contribution in [3.63, 3.8) is 0 Å². The zero-order valence-electron chi connectivity index (χ0n) is 9.26. The molecule has 0 nitrogen and oxygen atoms in total. The highest BCUT2D eigenvalue weighted by atomic mass is 35.5. The van der Waals surface area contributed by atoms with E-state index in [0.29, 0.717) is 0 Å². The zero-order chi connectivity index (χ0) is 11.2. The molecule has 0 spiro atoms. The average Bonchev–Trinajstić information content (AvgIpc) is 2.87. The highest BCUT2D eigenvalue weighted by Gasteiger charge is 2.53. The van der Waals surface area contributed by atoms with Crippen LogP contribution in [0.4, 0.5) is 4.39 Å². The Morgan fingerprint density at radius 3 is 2.69 bits per heavy atom. The summed E-state index contributed by atoms with van der Waals surface area (Å²) in [4.78, 5) is 0. The molecule has 0 saturated heterocycles. The lowest BCUT2D eigenvalue weighted by Crippen LogP contribution is -2.24. The topological polar surface area (TPSA) is 0 Å². The summed E-state index contributed by atoms with van der Waals surface area (Å²) >= 11 is 6.15. The van der Waals surface area contributed by atoms with E-state index in [1.807, 2.05) is 6.07 Å². The predicted molar refractivity (Wildman–Crippen MR) is 64.1 cm³/mol. The van der Waals surface area contributed by atoms with Crippen LogP contribution in [0.15, 0.2) is 24.3 Å². The molecule has 2 heteroatoms. The van der Waals surface area contributed by atoms with Crippen LogP contribution in [0, 0.1) is 23.1 Å². The lowest BCUT2D eigenvalue weighted by molar-refractivity contribution is 0.303. The van der Waals surface area contributed by atoms with E-state index >= 15 is 0 Å². The van der Waals surface area contributed by atoms with Crippen LogP contribution in [0.25, 0.3) is 0 Å². The Kier molecular flexibility index (Phi) is 2.47. The quantitative estimate of drug-likeness (QED) is 0.698. The maximum Gasteiger partial charge on any atom is 0.123 e. The van der Waals surface area contributed by atoms with E-state index in [9.17, 15) is 4.39 Å². The molecule has 2 saturated carbocycles. The Hall–Kier alpha value is -0.560. The van der Waals surface area contributed by atoms with Crippen LogP contribution in [0.2, 0.25) is 0 Å². The van der Waals surface area contributed by atoms with Crippen LogP contribution < -0.4 is 0 Å². The van der Waals surface area contributed by atoms with Gasteiger partial charge in [-0.3, -0.25) is 0 Å². The minimum atomic E-state index is -0.134. The van der Waals surface area contributed by atoms with Gasteiger partial charge < -0.3 is 0 Å². The summed E-state index contributed by atoms with van der Waals surface area (Å²) in [5, 5.41) is 0. The standard InChI is InChI=1S/C14H16ClF/c15-9-14(7-11-5-12(11)8-14)6-10-2-1-3-13(16)4-10/h1-4,11-12H,5-9H2. The van der Waals surface area contributed by atoms with Gasteiger partial charge in [-0.15, -0.1) is 11.6 Å². The molecule has 86 valence electrons. The SMILES string of the molecule is Fc1cccc(CC2(CCl)CC3CC3C2)c1. The number of benzene rings is 1. The highest BCUT2D eigenvalue weighted by molar-refractivity contribution is 6.18. The number of alkyl halides is 1. The fraction of sp³-hybridized carbons (Fsp3) is 0.571. The van der Waals surface area contributed by atoms with Gasteiger partial charge in [-0.05, 0) is 60.6 Å². The second-order valence-electron chi connectivity index (χ2n) is 5.60. The van der Waals surface area contributed by atoms with Crippen molar-refractivity contribution in [3.05, 3.63) is 35.6 Å². The molecule has 2 fully saturated rings. The first kappa shape index (κ1) is 10.6. The van der Waals surface area contributed by atoms with Gasteiger partial charge in [0.05, 0.1) is 0 Å². The number of fused-ring (bicyclic) bond motifs is 1. The van der Waals surface area contributed by atoms with E-state index in [-0.39, 0.29) is 11.2 Å². The van der Waals surface area contributed by atoms with Gasteiger partial charge in [0.2, 0.25) is 0 Å². The molecular formula is C14H16ClF. The first-order chi connectivity index (χ1) is 7.71. The molecule has 0 amide bonds. The monoisotopic (exact) mass is 238 g/mol. The van der Waals surface area contributed by atoms with Gasteiger partial charge in [0.15, 0.2) is 0 Å². The molecule has 16 heavy (non-hydrogen) atoms. The summed E-state index contributed by atoms with van der Waals surface area (Å²) in [7, 11) is 0. The lowest BCUT2D eigenvalue weighted by atomic mass is 9.79. The maximum atomic E-state index is 13.1. The fourth-order valence-electron chi connectivity index (χ4n) is 3.39. The van der Waals surface area contributed by atoms with Crippen molar-refractivity contribution in [2.24, 2.45) is 17.3 Å². The summed E-state index contributed by atoms with van der Waals surface area (Å²) < 4.78 is 13.1. The van der Waals surface area contributed by atoms with Gasteiger partial charge in [0.25, 0.3) is 0 Å². The molecule has 1 aromatic carbocycles. The van der Waals surface area contributed by atoms with Crippen LogP contribution in [0.5, 0.6) is 0 Å². The molecule has 3 rings (SSSR count). The largest absolute Gasteiger partial charge is 0.207 e. The van der Waals surface area contributed by atoms with Crippen LogP contribution in [-0.2, 0) is 6.42 Å². The van der Waals surface area contributed by atoms with E-state index in [0.717, 1.165) is 29.7 Å². The Labute approximate surface area is 101 Å². The summed E-state index contributed by atoms with van der Waals surface area (Å²) in [5.41, 5.74) is 1.35. The van der Waals surface area contributed by atoms with Gasteiger partial charge in [0, 0.05) is 5.88 Å². The average molecular weight is 239 g/mol. The Morgan fingerprint density at radius 1 is 1.31 bits per heavy atom. The van der Waals surface area contributed by atoms with Gasteiger partial charge in [0.1, 0.15) is 5.82 Å². The fourth-order valence-corrected chi connectivity index (χ4v) is 3.70. The van der Waals surface area contributed by atoms with Gasteiger partial charge in [-0.25, -0.2) is 4.39 Å². The van der Waals surface area contributed by atoms with Crippen LogP contribution in [0.3, 0.4) is 0 Å². The van der Waals surface area contributed by atoms with Crippen LogP contribution in [0.1, 0.15) is 24.8 Å². The lowest BCUT2D eigenvalue weighted by Gasteiger charge is -2.28. The predicted octanol–water partition coefficient (Wildman–Crippen LogP) is 4.02. The Bertz CT molecular complexity index is 391. The third-order valence-corrected chi connectivity index (χ3v) is 4.78. The molecular weight excluding hydrogens is 223 g/mol. The zero-order valence-corrected chi connectivity index (χ0v) is 10.0. The van der Waals surface area contributed by atoms with Crippen molar-refractivity contribution in [1.29, 1.82) is 0 Å². The van der Waals surface area contributed by atoms with Crippen molar-refractivity contribution >= 4 is 11.6 Å². The van der Waals surface area contributed by atoms with E-state index in [2.05, 4.69) is 0 Å². The van der Waals surface area contributed by atoms with Crippen LogP contribution in [-0.4, -0.2) is 5.88 Å².